The first-order chi connectivity index (χ1) is 8.65. The van der Waals surface area contributed by atoms with Gasteiger partial charge in [-0.25, -0.2) is 0 Å². The number of morpholine rings is 1. The quantitative estimate of drug-likeness (QED) is 0.787. The number of rotatable bonds is 3. The Kier molecular flexibility index (Phi) is 6.53. The van der Waals surface area contributed by atoms with Crippen molar-refractivity contribution in [3.63, 3.8) is 0 Å². The maximum Gasteiger partial charge on any atom is 0.311 e. The number of piperidine rings is 1. The standard InChI is InChI=1S/C13H24N2O3.ClH/c1-3-18-12(16)13(2)4-5-14-11(10-13)15-6-8-17-9-7-15;/h11,14H,3-10H2,1-2H3;1H. The first kappa shape index (κ1) is 16.7. The van der Waals surface area contributed by atoms with Crippen LogP contribution in [0, 0.1) is 5.41 Å². The number of carbonyl (C=O) groups excluding carboxylic acids is 1. The Balaban J connectivity index is 0.00000180. The van der Waals surface area contributed by atoms with Crippen LogP contribution in [0.15, 0.2) is 0 Å². The minimum atomic E-state index is -0.343. The van der Waals surface area contributed by atoms with E-state index >= 15 is 0 Å². The summed E-state index contributed by atoms with van der Waals surface area (Å²) in [5.41, 5.74) is -0.343. The summed E-state index contributed by atoms with van der Waals surface area (Å²) >= 11 is 0. The van der Waals surface area contributed by atoms with E-state index in [0.29, 0.717) is 6.61 Å². The van der Waals surface area contributed by atoms with E-state index < -0.39 is 0 Å². The molecule has 2 aliphatic rings. The Bertz CT molecular complexity index is 298. The maximum atomic E-state index is 12.1. The summed E-state index contributed by atoms with van der Waals surface area (Å²) in [6, 6.07) is 0. The van der Waals surface area contributed by atoms with Crippen molar-refractivity contribution in [2.75, 3.05) is 39.5 Å². The van der Waals surface area contributed by atoms with Crippen LogP contribution < -0.4 is 5.32 Å². The number of nitrogens with zero attached hydrogens (tertiary/aromatic N) is 1. The Hall–Kier alpha value is -0.360. The van der Waals surface area contributed by atoms with Crippen LogP contribution in [0.2, 0.25) is 0 Å². The van der Waals surface area contributed by atoms with E-state index in [1.807, 2.05) is 13.8 Å². The van der Waals surface area contributed by atoms with Gasteiger partial charge in [-0.15, -0.1) is 12.4 Å². The van der Waals surface area contributed by atoms with Crippen molar-refractivity contribution >= 4 is 18.4 Å². The van der Waals surface area contributed by atoms with Crippen molar-refractivity contribution in [3.8, 4) is 0 Å². The van der Waals surface area contributed by atoms with Gasteiger partial charge in [0.25, 0.3) is 0 Å². The zero-order valence-corrected chi connectivity index (χ0v) is 12.6. The van der Waals surface area contributed by atoms with Crippen LogP contribution in [0.25, 0.3) is 0 Å². The normalized spacial score (nSPS) is 32.4. The third-order valence-electron chi connectivity index (χ3n) is 3.96. The molecule has 0 aromatic carbocycles. The van der Waals surface area contributed by atoms with E-state index in [-0.39, 0.29) is 30.0 Å². The Morgan fingerprint density at radius 1 is 1.47 bits per heavy atom. The molecule has 6 heteroatoms. The number of halogens is 1. The molecule has 0 radical (unpaired) electrons. The van der Waals surface area contributed by atoms with Crippen LogP contribution in [-0.4, -0.2) is 56.5 Å². The molecule has 2 aliphatic heterocycles. The lowest BCUT2D eigenvalue weighted by Gasteiger charge is -2.43. The molecule has 2 atom stereocenters. The molecule has 5 nitrogen and oxygen atoms in total. The third kappa shape index (κ3) is 4.05. The molecule has 0 amide bonds. The van der Waals surface area contributed by atoms with Crippen LogP contribution in [0.4, 0.5) is 0 Å². The zero-order valence-electron chi connectivity index (χ0n) is 11.8. The molecule has 0 bridgehead atoms. The molecule has 0 aromatic rings. The molecule has 2 unspecified atom stereocenters. The van der Waals surface area contributed by atoms with Crippen LogP contribution >= 0.6 is 12.4 Å². The van der Waals surface area contributed by atoms with Crippen LogP contribution in [0.1, 0.15) is 26.7 Å². The summed E-state index contributed by atoms with van der Waals surface area (Å²) in [5, 5.41) is 3.50. The van der Waals surface area contributed by atoms with E-state index in [1.54, 1.807) is 0 Å². The molecule has 0 saturated carbocycles. The van der Waals surface area contributed by atoms with Crippen molar-refractivity contribution in [1.82, 2.24) is 10.2 Å². The Morgan fingerprint density at radius 3 is 2.79 bits per heavy atom. The van der Waals surface area contributed by atoms with Gasteiger partial charge in [-0.2, -0.15) is 0 Å². The Morgan fingerprint density at radius 2 is 2.16 bits per heavy atom. The monoisotopic (exact) mass is 292 g/mol. The van der Waals surface area contributed by atoms with E-state index in [4.69, 9.17) is 9.47 Å². The molecule has 0 aromatic heterocycles. The van der Waals surface area contributed by atoms with Gasteiger partial charge in [0, 0.05) is 13.1 Å². The molecule has 19 heavy (non-hydrogen) atoms. The number of hydrogen-bond acceptors (Lipinski definition) is 5. The lowest BCUT2D eigenvalue weighted by atomic mass is 9.79. The summed E-state index contributed by atoms with van der Waals surface area (Å²) in [5.74, 6) is -0.0511. The molecule has 2 rings (SSSR count). The third-order valence-corrected chi connectivity index (χ3v) is 3.96. The van der Waals surface area contributed by atoms with Crippen LogP contribution in [-0.2, 0) is 14.3 Å². The highest BCUT2D eigenvalue weighted by molar-refractivity contribution is 5.85. The summed E-state index contributed by atoms with van der Waals surface area (Å²) in [7, 11) is 0. The van der Waals surface area contributed by atoms with Gasteiger partial charge >= 0.3 is 5.97 Å². The van der Waals surface area contributed by atoms with Crippen molar-refractivity contribution in [2.45, 2.75) is 32.9 Å². The SMILES string of the molecule is CCOC(=O)C1(C)CCNC(N2CCOCC2)C1.Cl. The number of carbonyl (C=O) groups is 1. The molecule has 2 saturated heterocycles. The number of ether oxygens (including phenoxy) is 2. The number of esters is 1. The van der Waals surface area contributed by atoms with E-state index in [1.165, 1.54) is 0 Å². The average Bonchev–Trinajstić information content (AvgIpc) is 2.40. The highest BCUT2D eigenvalue weighted by Gasteiger charge is 2.41. The van der Waals surface area contributed by atoms with Gasteiger partial charge in [0.1, 0.15) is 0 Å². The molecular weight excluding hydrogens is 268 g/mol. The fourth-order valence-corrected chi connectivity index (χ4v) is 2.75. The summed E-state index contributed by atoms with van der Waals surface area (Å²) in [4.78, 5) is 14.4. The summed E-state index contributed by atoms with van der Waals surface area (Å²) in [6.07, 6.45) is 1.95. The van der Waals surface area contributed by atoms with Gasteiger partial charge in [0.2, 0.25) is 0 Å². The fraction of sp³-hybridized carbons (Fsp3) is 0.923. The average molecular weight is 293 g/mol. The maximum absolute atomic E-state index is 12.1. The first-order valence-electron chi connectivity index (χ1n) is 6.88. The molecule has 2 heterocycles. The topological polar surface area (TPSA) is 50.8 Å². The lowest BCUT2D eigenvalue weighted by Crippen LogP contribution is -2.57. The van der Waals surface area contributed by atoms with Gasteiger partial charge in [-0.1, -0.05) is 0 Å². The Labute approximate surface area is 121 Å². The predicted octanol–water partition coefficient (Wildman–Crippen LogP) is 1.02. The predicted molar refractivity (Wildman–Crippen MR) is 75.4 cm³/mol. The molecule has 0 aliphatic carbocycles. The van der Waals surface area contributed by atoms with Crippen molar-refractivity contribution < 1.29 is 14.3 Å². The highest BCUT2D eigenvalue weighted by Crippen LogP contribution is 2.33. The van der Waals surface area contributed by atoms with Crippen molar-refractivity contribution in [2.24, 2.45) is 5.41 Å². The molecule has 0 spiro atoms. The van der Waals surface area contributed by atoms with E-state index in [0.717, 1.165) is 45.7 Å². The van der Waals surface area contributed by atoms with Crippen LogP contribution in [0.5, 0.6) is 0 Å². The smallest absolute Gasteiger partial charge is 0.311 e. The van der Waals surface area contributed by atoms with Gasteiger partial charge in [0.05, 0.1) is 31.4 Å². The minimum absolute atomic E-state index is 0. The second kappa shape index (κ2) is 7.43. The number of nitrogens with one attached hydrogen (secondary N) is 1. The molecule has 112 valence electrons. The second-order valence-corrected chi connectivity index (χ2v) is 5.35. The van der Waals surface area contributed by atoms with Gasteiger partial charge in [-0.3, -0.25) is 9.69 Å². The minimum Gasteiger partial charge on any atom is -0.466 e. The van der Waals surface area contributed by atoms with Gasteiger partial charge in [0.15, 0.2) is 0 Å². The molecule has 1 N–H and O–H groups in total. The highest BCUT2D eigenvalue weighted by atomic mass is 35.5. The molecular formula is C13H25ClN2O3. The summed E-state index contributed by atoms with van der Waals surface area (Å²) in [6.45, 7) is 8.68. The zero-order chi connectivity index (χ0) is 13.0. The van der Waals surface area contributed by atoms with Crippen molar-refractivity contribution in [3.05, 3.63) is 0 Å². The van der Waals surface area contributed by atoms with E-state index in [9.17, 15) is 4.79 Å². The lowest BCUT2D eigenvalue weighted by molar-refractivity contribution is -0.158. The van der Waals surface area contributed by atoms with Crippen molar-refractivity contribution in [1.29, 1.82) is 0 Å². The number of hydrogen-bond donors (Lipinski definition) is 1. The van der Waals surface area contributed by atoms with Crippen LogP contribution in [0.3, 0.4) is 0 Å². The summed E-state index contributed by atoms with van der Waals surface area (Å²) < 4.78 is 10.6. The molecule has 2 fully saturated rings. The first-order valence-corrected chi connectivity index (χ1v) is 6.88. The fourth-order valence-electron chi connectivity index (χ4n) is 2.75. The van der Waals surface area contributed by atoms with Gasteiger partial charge in [-0.05, 0) is 33.2 Å². The van der Waals surface area contributed by atoms with Gasteiger partial charge < -0.3 is 14.8 Å². The second-order valence-electron chi connectivity index (χ2n) is 5.35. The van der Waals surface area contributed by atoms with E-state index in [2.05, 4.69) is 10.2 Å². The largest absolute Gasteiger partial charge is 0.466 e.